The standard InChI is InChI=1S/C14H17ClN2O/c1-10-12(11(2)17-16-10)6-5-9-18-14-8-4-3-7-13(14)15/h3-4,7-8H,5-6,9H2,1-2H3,(H,16,17). The van der Waals surface area contributed by atoms with Crippen molar-refractivity contribution in [1.82, 2.24) is 10.2 Å². The average Bonchev–Trinajstić information content (AvgIpc) is 2.67. The fourth-order valence-corrected chi connectivity index (χ4v) is 2.13. The molecule has 0 spiro atoms. The van der Waals surface area contributed by atoms with Gasteiger partial charge in [-0.25, -0.2) is 0 Å². The minimum atomic E-state index is 0.660. The minimum Gasteiger partial charge on any atom is -0.492 e. The summed E-state index contributed by atoms with van der Waals surface area (Å²) in [5.74, 6) is 0.750. The highest BCUT2D eigenvalue weighted by atomic mass is 35.5. The number of aryl methyl sites for hydroxylation is 2. The number of nitrogens with one attached hydrogen (secondary N) is 1. The number of aromatic nitrogens is 2. The Morgan fingerprint density at radius 3 is 2.72 bits per heavy atom. The van der Waals surface area contributed by atoms with Gasteiger partial charge in [0.05, 0.1) is 17.3 Å². The average molecular weight is 265 g/mol. The molecule has 0 fully saturated rings. The molecule has 0 aliphatic heterocycles. The third kappa shape index (κ3) is 3.05. The van der Waals surface area contributed by atoms with E-state index in [1.54, 1.807) is 0 Å². The third-order valence-corrected chi connectivity index (χ3v) is 3.26. The van der Waals surface area contributed by atoms with E-state index < -0.39 is 0 Å². The summed E-state index contributed by atoms with van der Waals surface area (Å²) in [5.41, 5.74) is 3.51. The first-order chi connectivity index (χ1) is 8.68. The summed E-state index contributed by atoms with van der Waals surface area (Å²) in [6.45, 7) is 4.73. The molecule has 0 aliphatic carbocycles. The summed E-state index contributed by atoms with van der Waals surface area (Å²) in [6, 6.07) is 7.54. The lowest BCUT2D eigenvalue weighted by Gasteiger charge is -2.07. The van der Waals surface area contributed by atoms with Crippen LogP contribution < -0.4 is 4.74 Å². The van der Waals surface area contributed by atoms with E-state index in [9.17, 15) is 0 Å². The van der Waals surface area contributed by atoms with Crippen molar-refractivity contribution < 1.29 is 4.74 Å². The number of nitrogens with zero attached hydrogens (tertiary/aromatic N) is 1. The molecular weight excluding hydrogens is 248 g/mol. The van der Waals surface area contributed by atoms with Gasteiger partial charge in [0, 0.05) is 5.69 Å². The van der Waals surface area contributed by atoms with Gasteiger partial charge in [0.15, 0.2) is 0 Å². The Morgan fingerprint density at radius 2 is 2.06 bits per heavy atom. The third-order valence-electron chi connectivity index (χ3n) is 2.95. The second-order valence-corrected chi connectivity index (χ2v) is 4.70. The first-order valence-electron chi connectivity index (χ1n) is 6.06. The van der Waals surface area contributed by atoms with Gasteiger partial charge in [0.25, 0.3) is 0 Å². The van der Waals surface area contributed by atoms with Crippen molar-refractivity contribution in [2.24, 2.45) is 0 Å². The maximum atomic E-state index is 6.01. The van der Waals surface area contributed by atoms with Gasteiger partial charge in [-0.15, -0.1) is 0 Å². The van der Waals surface area contributed by atoms with Gasteiger partial charge in [0.1, 0.15) is 5.75 Å². The second kappa shape index (κ2) is 5.91. The van der Waals surface area contributed by atoms with E-state index in [4.69, 9.17) is 16.3 Å². The van der Waals surface area contributed by atoms with Crippen molar-refractivity contribution in [3.63, 3.8) is 0 Å². The Morgan fingerprint density at radius 1 is 1.28 bits per heavy atom. The molecule has 0 aliphatic rings. The number of hydrogen-bond acceptors (Lipinski definition) is 2. The zero-order valence-corrected chi connectivity index (χ0v) is 11.4. The van der Waals surface area contributed by atoms with Crippen LogP contribution in [-0.2, 0) is 6.42 Å². The molecule has 0 saturated heterocycles. The zero-order valence-electron chi connectivity index (χ0n) is 10.7. The van der Waals surface area contributed by atoms with Crippen LogP contribution in [-0.4, -0.2) is 16.8 Å². The van der Waals surface area contributed by atoms with Crippen molar-refractivity contribution >= 4 is 11.6 Å². The maximum absolute atomic E-state index is 6.01. The maximum Gasteiger partial charge on any atom is 0.137 e. The minimum absolute atomic E-state index is 0.660. The molecule has 3 nitrogen and oxygen atoms in total. The van der Waals surface area contributed by atoms with E-state index >= 15 is 0 Å². The number of ether oxygens (including phenoxy) is 1. The van der Waals surface area contributed by atoms with Crippen LogP contribution in [0, 0.1) is 13.8 Å². The quantitative estimate of drug-likeness (QED) is 0.837. The van der Waals surface area contributed by atoms with Gasteiger partial charge in [-0.3, -0.25) is 5.10 Å². The predicted molar refractivity (Wildman–Crippen MR) is 73.3 cm³/mol. The molecule has 18 heavy (non-hydrogen) atoms. The molecular formula is C14H17ClN2O. The SMILES string of the molecule is Cc1n[nH]c(C)c1CCCOc1ccccc1Cl. The van der Waals surface area contributed by atoms with E-state index in [2.05, 4.69) is 10.2 Å². The van der Waals surface area contributed by atoms with E-state index in [1.807, 2.05) is 38.1 Å². The molecule has 0 unspecified atom stereocenters. The predicted octanol–water partition coefficient (Wildman–Crippen LogP) is 3.69. The summed E-state index contributed by atoms with van der Waals surface area (Å²) in [6.07, 6.45) is 1.92. The zero-order chi connectivity index (χ0) is 13.0. The van der Waals surface area contributed by atoms with E-state index in [0.717, 1.165) is 30.0 Å². The highest BCUT2D eigenvalue weighted by molar-refractivity contribution is 6.32. The van der Waals surface area contributed by atoms with Gasteiger partial charge in [-0.05, 0) is 44.4 Å². The van der Waals surface area contributed by atoms with Gasteiger partial charge in [-0.2, -0.15) is 5.10 Å². The Balaban J connectivity index is 1.82. The molecule has 1 N–H and O–H groups in total. The first-order valence-corrected chi connectivity index (χ1v) is 6.44. The van der Waals surface area contributed by atoms with Crippen LogP contribution in [0.15, 0.2) is 24.3 Å². The van der Waals surface area contributed by atoms with E-state index in [-0.39, 0.29) is 0 Å². The van der Waals surface area contributed by atoms with Crippen LogP contribution in [0.3, 0.4) is 0 Å². The van der Waals surface area contributed by atoms with E-state index in [1.165, 1.54) is 5.56 Å². The molecule has 0 amide bonds. The number of aromatic amines is 1. The lowest BCUT2D eigenvalue weighted by Crippen LogP contribution is -2.00. The van der Waals surface area contributed by atoms with Gasteiger partial charge >= 0.3 is 0 Å². The van der Waals surface area contributed by atoms with Crippen LogP contribution in [0.4, 0.5) is 0 Å². The lowest BCUT2D eigenvalue weighted by atomic mass is 10.1. The molecule has 0 radical (unpaired) electrons. The molecule has 0 atom stereocenters. The van der Waals surface area contributed by atoms with Crippen LogP contribution in [0.5, 0.6) is 5.75 Å². The number of hydrogen-bond donors (Lipinski definition) is 1. The normalized spacial score (nSPS) is 10.6. The summed E-state index contributed by atoms with van der Waals surface area (Å²) < 4.78 is 5.65. The van der Waals surface area contributed by atoms with Gasteiger partial charge in [0.2, 0.25) is 0 Å². The first kappa shape index (κ1) is 13.0. The topological polar surface area (TPSA) is 37.9 Å². The smallest absolute Gasteiger partial charge is 0.137 e. The van der Waals surface area contributed by atoms with Crippen LogP contribution in [0.1, 0.15) is 23.4 Å². The van der Waals surface area contributed by atoms with Crippen molar-refractivity contribution in [2.45, 2.75) is 26.7 Å². The largest absolute Gasteiger partial charge is 0.492 e. The van der Waals surface area contributed by atoms with Crippen molar-refractivity contribution in [3.05, 3.63) is 46.2 Å². The lowest BCUT2D eigenvalue weighted by molar-refractivity contribution is 0.311. The number of H-pyrrole nitrogens is 1. The molecule has 96 valence electrons. The molecule has 4 heteroatoms. The molecule has 2 rings (SSSR count). The molecule has 0 saturated carbocycles. The number of benzene rings is 1. The van der Waals surface area contributed by atoms with Crippen molar-refractivity contribution in [2.75, 3.05) is 6.61 Å². The monoisotopic (exact) mass is 264 g/mol. The Kier molecular flexibility index (Phi) is 4.26. The molecule has 2 aromatic rings. The van der Waals surface area contributed by atoms with Crippen LogP contribution in [0.25, 0.3) is 0 Å². The molecule has 1 aromatic heterocycles. The highest BCUT2D eigenvalue weighted by Crippen LogP contribution is 2.23. The van der Waals surface area contributed by atoms with Crippen LogP contribution >= 0.6 is 11.6 Å². The summed E-state index contributed by atoms with van der Waals surface area (Å²) >= 11 is 6.01. The summed E-state index contributed by atoms with van der Waals surface area (Å²) in [4.78, 5) is 0. The Bertz CT molecular complexity index is 503. The Hall–Kier alpha value is -1.48. The number of halogens is 1. The highest BCUT2D eigenvalue weighted by Gasteiger charge is 2.06. The fraction of sp³-hybridized carbons (Fsp3) is 0.357. The fourth-order valence-electron chi connectivity index (χ4n) is 1.94. The van der Waals surface area contributed by atoms with Gasteiger partial charge < -0.3 is 4.74 Å². The summed E-state index contributed by atoms with van der Waals surface area (Å²) in [5, 5.41) is 7.83. The Labute approximate surface area is 112 Å². The number of rotatable bonds is 5. The molecule has 1 heterocycles. The van der Waals surface area contributed by atoms with E-state index in [0.29, 0.717) is 11.6 Å². The molecule has 1 aromatic carbocycles. The van der Waals surface area contributed by atoms with Crippen LogP contribution in [0.2, 0.25) is 5.02 Å². The summed E-state index contributed by atoms with van der Waals surface area (Å²) in [7, 11) is 0. The second-order valence-electron chi connectivity index (χ2n) is 4.30. The molecule has 0 bridgehead atoms. The van der Waals surface area contributed by atoms with Crippen molar-refractivity contribution in [3.8, 4) is 5.75 Å². The van der Waals surface area contributed by atoms with Crippen molar-refractivity contribution in [1.29, 1.82) is 0 Å². The number of para-hydroxylation sites is 1. The van der Waals surface area contributed by atoms with Gasteiger partial charge in [-0.1, -0.05) is 23.7 Å².